The number of amides is 1. The topological polar surface area (TPSA) is 55.4 Å². The smallest absolute Gasteiger partial charge is 0.257 e. The zero-order chi connectivity index (χ0) is 12.8. The lowest BCUT2D eigenvalue weighted by atomic mass is 10.2. The van der Waals surface area contributed by atoms with Crippen molar-refractivity contribution in [1.82, 2.24) is 4.72 Å². The fraction of sp³-hybridized carbons (Fsp3) is 0.417. The van der Waals surface area contributed by atoms with Gasteiger partial charge in [-0.15, -0.1) is 0 Å². The van der Waals surface area contributed by atoms with Gasteiger partial charge in [0.15, 0.2) is 11.0 Å². The minimum absolute atomic E-state index is 0.0199. The minimum atomic E-state index is -1.52. The Kier molecular flexibility index (Phi) is 5.31. The molecule has 1 atom stereocenters. The number of nitrogens with one attached hydrogen (secondary N) is 1. The van der Waals surface area contributed by atoms with Gasteiger partial charge in [-0.25, -0.2) is 4.21 Å². The van der Waals surface area contributed by atoms with Crippen molar-refractivity contribution in [2.75, 3.05) is 6.61 Å². The van der Waals surface area contributed by atoms with Gasteiger partial charge in [0.05, 0.1) is 11.0 Å². The van der Waals surface area contributed by atoms with Crippen LogP contribution in [0.2, 0.25) is 0 Å². The first-order chi connectivity index (χ1) is 7.99. The van der Waals surface area contributed by atoms with Crippen LogP contribution in [0.5, 0.6) is 0 Å². The molecule has 17 heavy (non-hydrogen) atoms. The summed E-state index contributed by atoms with van der Waals surface area (Å²) in [4.78, 5) is 11.9. The van der Waals surface area contributed by atoms with Gasteiger partial charge in [-0.3, -0.25) is 9.52 Å². The highest BCUT2D eigenvalue weighted by molar-refractivity contribution is 7.83. The summed E-state index contributed by atoms with van der Waals surface area (Å²) in [6, 6.07) is 7.16. The zero-order valence-electron chi connectivity index (χ0n) is 10.2. The van der Waals surface area contributed by atoms with E-state index in [1.165, 1.54) is 0 Å². The molecule has 1 amide bonds. The molecule has 0 aromatic heterocycles. The predicted molar refractivity (Wildman–Crippen MR) is 66.8 cm³/mol. The third kappa shape index (κ3) is 5.10. The highest BCUT2D eigenvalue weighted by atomic mass is 32.2. The normalized spacial score (nSPS) is 12.5. The molecule has 1 aromatic carbocycles. The molecular formula is C12H17NO3S. The SMILES string of the molecule is Cc1ccc([S@](=O)NC(=O)COC(C)C)cc1. The molecule has 0 unspecified atom stereocenters. The van der Waals surface area contributed by atoms with Crippen molar-refractivity contribution in [2.24, 2.45) is 0 Å². The summed E-state index contributed by atoms with van der Waals surface area (Å²) in [6.45, 7) is 5.55. The van der Waals surface area contributed by atoms with E-state index in [0.29, 0.717) is 4.90 Å². The first-order valence-electron chi connectivity index (χ1n) is 5.38. The number of carbonyl (C=O) groups is 1. The van der Waals surface area contributed by atoms with E-state index >= 15 is 0 Å². The van der Waals surface area contributed by atoms with Crippen molar-refractivity contribution < 1.29 is 13.7 Å². The highest BCUT2D eigenvalue weighted by Crippen LogP contribution is 2.06. The first kappa shape index (κ1) is 13.9. The van der Waals surface area contributed by atoms with Gasteiger partial charge < -0.3 is 4.74 Å². The second-order valence-corrected chi connectivity index (χ2v) is 5.18. The van der Waals surface area contributed by atoms with Crippen molar-refractivity contribution in [1.29, 1.82) is 0 Å². The monoisotopic (exact) mass is 255 g/mol. The number of hydrogen-bond acceptors (Lipinski definition) is 3. The standard InChI is InChI=1S/C12H17NO3S/c1-9(2)16-8-12(14)13-17(15)11-6-4-10(3)5-7-11/h4-7,9H,8H2,1-3H3,(H,13,14)/t17-/m0/s1. The van der Waals surface area contributed by atoms with Gasteiger partial charge in [-0.05, 0) is 32.9 Å². The number of ether oxygens (including phenoxy) is 1. The molecule has 0 aliphatic rings. The molecular weight excluding hydrogens is 238 g/mol. The molecule has 0 heterocycles. The second kappa shape index (κ2) is 6.51. The van der Waals surface area contributed by atoms with E-state index in [1.807, 2.05) is 32.9 Å². The molecule has 0 radical (unpaired) electrons. The maximum absolute atomic E-state index is 11.7. The maximum atomic E-state index is 11.7. The molecule has 0 saturated heterocycles. The summed E-state index contributed by atoms with van der Waals surface area (Å²) < 4.78 is 19.2. The Morgan fingerprint density at radius 2 is 1.94 bits per heavy atom. The van der Waals surface area contributed by atoms with E-state index in [4.69, 9.17) is 4.74 Å². The quantitative estimate of drug-likeness (QED) is 0.868. The molecule has 94 valence electrons. The lowest BCUT2D eigenvalue weighted by Crippen LogP contribution is -2.30. The number of carbonyl (C=O) groups excluding carboxylic acids is 1. The van der Waals surface area contributed by atoms with Crippen LogP contribution in [-0.2, 0) is 20.5 Å². The van der Waals surface area contributed by atoms with Crippen LogP contribution >= 0.6 is 0 Å². The Hall–Kier alpha value is -1.20. The van der Waals surface area contributed by atoms with Gasteiger partial charge in [-0.1, -0.05) is 17.7 Å². The largest absolute Gasteiger partial charge is 0.369 e. The number of hydrogen-bond donors (Lipinski definition) is 1. The van der Waals surface area contributed by atoms with Crippen LogP contribution in [0.25, 0.3) is 0 Å². The summed E-state index contributed by atoms with van der Waals surface area (Å²) in [5.41, 5.74) is 1.08. The third-order valence-corrected chi connectivity index (χ3v) is 3.10. The third-order valence-electron chi connectivity index (χ3n) is 1.99. The first-order valence-corrected chi connectivity index (χ1v) is 6.53. The molecule has 0 fully saturated rings. The molecule has 0 saturated carbocycles. The summed E-state index contributed by atoms with van der Waals surface area (Å²) in [7, 11) is -1.52. The van der Waals surface area contributed by atoms with Crippen LogP contribution in [0.1, 0.15) is 19.4 Å². The molecule has 0 spiro atoms. The molecule has 0 bridgehead atoms. The molecule has 4 nitrogen and oxygen atoms in total. The molecule has 1 aromatic rings. The number of benzene rings is 1. The van der Waals surface area contributed by atoms with Gasteiger partial charge in [0.1, 0.15) is 6.61 Å². The Bertz CT molecular complexity index is 401. The Morgan fingerprint density at radius 1 is 1.35 bits per heavy atom. The number of aryl methyl sites for hydroxylation is 1. The minimum Gasteiger partial charge on any atom is -0.369 e. The molecule has 0 aliphatic heterocycles. The van der Waals surface area contributed by atoms with Crippen molar-refractivity contribution in [3.05, 3.63) is 29.8 Å². The van der Waals surface area contributed by atoms with Crippen LogP contribution in [0.4, 0.5) is 0 Å². The fourth-order valence-corrected chi connectivity index (χ4v) is 1.86. The lowest BCUT2D eigenvalue weighted by molar-refractivity contribution is -0.125. The van der Waals surface area contributed by atoms with E-state index in [2.05, 4.69) is 4.72 Å². The Balaban J connectivity index is 2.49. The maximum Gasteiger partial charge on any atom is 0.257 e. The van der Waals surface area contributed by atoms with E-state index in [-0.39, 0.29) is 18.6 Å². The van der Waals surface area contributed by atoms with Gasteiger partial charge >= 0.3 is 0 Å². The number of rotatable bonds is 5. The Labute approximate surface area is 104 Å². The van der Waals surface area contributed by atoms with Crippen molar-refractivity contribution in [2.45, 2.75) is 31.8 Å². The predicted octanol–water partition coefficient (Wildman–Crippen LogP) is 1.56. The second-order valence-electron chi connectivity index (χ2n) is 3.97. The molecule has 5 heteroatoms. The van der Waals surface area contributed by atoms with Gasteiger partial charge in [0, 0.05) is 0 Å². The highest BCUT2D eigenvalue weighted by Gasteiger charge is 2.09. The van der Waals surface area contributed by atoms with Crippen LogP contribution < -0.4 is 4.72 Å². The lowest BCUT2D eigenvalue weighted by Gasteiger charge is -2.08. The summed E-state index contributed by atoms with van der Waals surface area (Å²) in [6.07, 6.45) is -0.0199. The van der Waals surface area contributed by atoms with Gasteiger partial charge in [0.25, 0.3) is 5.91 Å². The summed E-state index contributed by atoms with van der Waals surface area (Å²) in [5, 5.41) is 0. The van der Waals surface area contributed by atoms with E-state index < -0.39 is 11.0 Å². The van der Waals surface area contributed by atoms with Crippen LogP contribution in [-0.4, -0.2) is 22.8 Å². The van der Waals surface area contributed by atoms with Crippen LogP contribution in [0.3, 0.4) is 0 Å². The van der Waals surface area contributed by atoms with Crippen molar-refractivity contribution in [3.63, 3.8) is 0 Å². The molecule has 1 N–H and O–H groups in total. The van der Waals surface area contributed by atoms with Gasteiger partial charge in [0.2, 0.25) is 0 Å². The zero-order valence-corrected chi connectivity index (χ0v) is 11.0. The molecule has 1 rings (SSSR count). The van der Waals surface area contributed by atoms with Crippen molar-refractivity contribution >= 4 is 16.9 Å². The van der Waals surface area contributed by atoms with Crippen LogP contribution in [0.15, 0.2) is 29.2 Å². The molecule has 0 aliphatic carbocycles. The average Bonchev–Trinajstić information content (AvgIpc) is 2.27. The van der Waals surface area contributed by atoms with E-state index in [1.54, 1.807) is 12.1 Å². The van der Waals surface area contributed by atoms with Crippen LogP contribution in [0, 0.1) is 6.92 Å². The van der Waals surface area contributed by atoms with Crippen molar-refractivity contribution in [3.8, 4) is 0 Å². The Morgan fingerprint density at radius 3 is 2.47 bits per heavy atom. The van der Waals surface area contributed by atoms with E-state index in [9.17, 15) is 9.00 Å². The fourth-order valence-electron chi connectivity index (χ4n) is 1.10. The summed E-state index contributed by atoms with van der Waals surface area (Å²) in [5.74, 6) is -0.377. The van der Waals surface area contributed by atoms with E-state index in [0.717, 1.165) is 5.56 Å². The average molecular weight is 255 g/mol. The summed E-state index contributed by atoms with van der Waals surface area (Å²) >= 11 is 0. The van der Waals surface area contributed by atoms with Gasteiger partial charge in [-0.2, -0.15) is 0 Å².